The predicted octanol–water partition coefficient (Wildman–Crippen LogP) is 6.94. The van der Waals surface area contributed by atoms with Gasteiger partial charge in [-0.2, -0.15) is 0 Å². The van der Waals surface area contributed by atoms with Crippen molar-refractivity contribution < 1.29 is 4.52 Å². The van der Waals surface area contributed by atoms with Crippen LogP contribution in [0.4, 0.5) is 0 Å². The molecule has 2 heteroatoms. The Kier molecular flexibility index (Phi) is 17.9. The molecule has 2 atom stereocenters. The van der Waals surface area contributed by atoms with Crippen molar-refractivity contribution in [3.63, 3.8) is 0 Å². The van der Waals surface area contributed by atoms with Crippen molar-refractivity contribution in [2.24, 2.45) is 0 Å². The number of hydrogen-bond acceptors (Lipinski definition) is 1. The lowest BCUT2D eigenvalue weighted by molar-refractivity contribution is 0.232. The van der Waals surface area contributed by atoms with Gasteiger partial charge in [-0.3, -0.25) is 0 Å². The second-order valence-electron chi connectivity index (χ2n) is 5.48. The van der Waals surface area contributed by atoms with Crippen LogP contribution in [0.25, 0.3) is 0 Å². The van der Waals surface area contributed by atoms with Crippen molar-refractivity contribution in [3.8, 4) is 0 Å². The summed E-state index contributed by atoms with van der Waals surface area (Å²) in [6.07, 6.45) is 28.5. The molecule has 126 valence electrons. The Labute approximate surface area is 140 Å². The van der Waals surface area contributed by atoms with Gasteiger partial charge in [-0.05, 0) is 44.9 Å². The maximum atomic E-state index is 5.41. The van der Waals surface area contributed by atoms with Crippen molar-refractivity contribution in [3.05, 3.63) is 48.6 Å². The molecule has 0 heterocycles. The molecule has 0 aliphatic rings. The standard InChI is InChI=1S/C20H35OP/c1-3-5-7-8-9-10-11-12-13-14-15-17-19-20(21-22)18-16-6-4-2/h6,8-9,11-12,14-16,20H,3-5,7,10,13,17-19,22H2,1-2H3/b9-8-,12-11-,15-14-,16-6-. The summed E-state index contributed by atoms with van der Waals surface area (Å²) in [4.78, 5) is 0. The highest BCUT2D eigenvalue weighted by molar-refractivity contribution is 7.09. The van der Waals surface area contributed by atoms with Crippen LogP contribution in [0, 0.1) is 0 Å². The third-order valence-electron chi connectivity index (χ3n) is 3.42. The first kappa shape index (κ1) is 21.4. The van der Waals surface area contributed by atoms with E-state index in [0.29, 0.717) is 6.10 Å². The average molecular weight is 322 g/mol. The molecule has 0 saturated heterocycles. The van der Waals surface area contributed by atoms with Crippen molar-refractivity contribution in [1.29, 1.82) is 0 Å². The van der Waals surface area contributed by atoms with E-state index in [1.807, 2.05) is 0 Å². The van der Waals surface area contributed by atoms with Crippen LogP contribution < -0.4 is 0 Å². The van der Waals surface area contributed by atoms with E-state index >= 15 is 0 Å². The largest absolute Gasteiger partial charge is 0.362 e. The molecule has 0 aromatic rings. The predicted molar refractivity (Wildman–Crippen MR) is 104 cm³/mol. The molecule has 22 heavy (non-hydrogen) atoms. The summed E-state index contributed by atoms with van der Waals surface area (Å²) in [7, 11) is 2.40. The van der Waals surface area contributed by atoms with Gasteiger partial charge >= 0.3 is 0 Å². The smallest absolute Gasteiger partial charge is 0.0648 e. The van der Waals surface area contributed by atoms with Gasteiger partial charge in [-0.25, -0.2) is 0 Å². The van der Waals surface area contributed by atoms with Crippen LogP contribution in [0.1, 0.15) is 71.6 Å². The second-order valence-corrected chi connectivity index (χ2v) is 5.75. The maximum absolute atomic E-state index is 5.41. The van der Waals surface area contributed by atoms with Crippen LogP contribution in [0.2, 0.25) is 0 Å². The van der Waals surface area contributed by atoms with Crippen molar-refractivity contribution in [2.45, 2.75) is 77.7 Å². The normalized spacial score (nSPS) is 14.1. The maximum Gasteiger partial charge on any atom is 0.0648 e. The fourth-order valence-electron chi connectivity index (χ4n) is 2.04. The van der Waals surface area contributed by atoms with Crippen LogP contribution in [0.3, 0.4) is 0 Å². The molecule has 0 aliphatic carbocycles. The highest BCUT2D eigenvalue weighted by atomic mass is 31.0. The molecule has 0 spiro atoms. The van der Waals surface area contributed by atoms with E-state index in [2.05, 4.69) is 71.9 Å². The SMILES string of the molecule is CC/C=C\CC(CC/C=C\C/C=C\C/C=C\CCCC)OP. The van der Waals surface area contributed by atoms with Gasteiger partial charge in [0.1, 0.15) is 0 Å². The van der Waals surface area contributed by atoms with Crippen LogP contribution >= 0.6 is 9.47 Å². The zero-order valence-electron chi connectivity index (χ0n) is 14.5. The monoisotopic (exact) mass is 322 g/mol. The van der Waals surface area contributed by atoms with Gasteiger partial charge in [0.15, 0.2) is 0 Å². The molecule has 0 bridgehead atoms. The zero-order valence-corrected chi connectivity index (χ0v) is 15.7. The van der Waals surface area contributed by atoms with Crippen LogP contribution in [-0.2, 0) is 4.52 Å². The van der Waals surface area contributed by atoms with E-state index in [4.69, 9.17) is 4.52 Å². The van der Waals surface area contributed by atoms with E-state index in [1.165, 1.54) is 19.3 Å². The molecule has 1 nitrogen and oxygen atoms in total. The van der Waals surface area contributed by atoms with E-state index in [1.54, 1.807) is 0 Å². The average Bonchev–Trinajstić information content (AvgIpc) is 2.54. The topological polar surface area (TPSA) is 9.23 Å². The fourth-order valence-corrected chi connectivity index (χ4v) is 2.29. The number of rotatable bonds is 14. The molecule has 0 fully saturated rings. The molecule has 0 radical (unpaired) electrons. The molecule has 0 saturated carbocycles. The Morgan fingerprint density at radius 1 is 0.818 bits per heavy atom. The van der Waals surface area contributed by atoms with Crippen LogP contribution in [-0.4, -0.2) is 6.10 Å². The Balaban J connectivity index is 3.60. The van der Waals surface area contributed by atoms with Gasteiger partial charge in [0, 0.05) is 9.47 Å². The number of unbranched alkanes of at least 4 members (excludes halogenated alkanes) is 2. The van der Waals surface area contributed by atoms with E-state index in [-0.39, 0.29) is 0 Å². The Morgan fingerprint density at radius 2 is 1.45 bits per heavy atom. The number of hydrogen-bond donors (Lipinski definition) is 0. The Morgan fingerprint density at radius 3 is 2.05 bits per heavy atom. The molecular formula is C20H35OP. The minimum absolute atomic E-state index is 0.321. The summed E-state index contributed by atoms with van der Waals surface area (Å²) < 4.78 is 5.41. The first-order valence-corrected chi connectivity index (χ1v) is 9.27. The van der Waals surface area contributed by atoms with Crippen molar-refractivity contribution in [2.75, 3.05) is 0 Å². The summed E-state index contributed by atoms with van der Waals surface area (Å²) >= 11 is 0. The molecular weight excluding hydrogens is 287 g/mol. The van der Waals surface area contributed by atoms with E-state index in [0.717, 1.165) is 38.5 Å². The van der Waals surface area contributed by atoms with Crippen LogP contribution in [0.5, 0.6) is 0 Å². The highest BCUT2D eigenvalue weighted by Crippen LogP contribution is 2.12. The fraction of sp³-hybridized carbons (Fsp3) is 0.600. The summed E-state index contributed by atoms with van der Waals surface area (Å²) in [5, 5.41) is 0. The first-order valence-electron chi connectivity index (χ1n) is 8.80. The van der Waals surface area contributed by atoms with Gasteiger partial charge in [-0.1, -0.05) is 75.3 Å². The lowest BCUT2D eigenvalue weighted by Gasteiger charge is -2.10. The highest BCUT2D eigenvalue weighted by Gasteiger charge is 2.02. The number of allylic oxidation sites excluding steroid dienone is 7. The molecule has 0 aromatic carbocycles. The van der Waals surface area contributed by atoms with Crippen LogP contribution in [0.15, 0.2) is 48.6 Å². The molecule has 0 aromatic heterocycles. The summed E-state index contributed by atoms with van der Waals surface area (Å²) in [5.41, 5.74) is 0. The second kappa shape index (κ2) is 18.4. The molecule has 0 aliphatic heterocycles. The van der Waals surface area contributed by atoms with E-state index < -0.39 is 0 Å². The van der Waals surface area contributed by atoms with Crippen molar-refractivity contribution >= 4 is 9.47 Å². The molecule has 0 rings (SSSR count). The summed E-state index contributed by atoms with van der Waals surface area (Å²) in [6, 6.07) is 0. The lowest BCUT2D eigenvalue weighted by atomic mass is 10.1. The third kappa shape index (κ3) is 15.7. The van der Waals surface area contributed by atoms with E-state index in [9.17, 15) is 0 Å². The summed E-state index contributed by atoms with van der Waals surface area (Å²) in [6.45, 7) is 4.39. The van der Waals surface area contributed by atoms with Crippen molar-refractivity contribution in [1.82, 2.24) is 0 Å². The first-order chi connectivity index (χ1) is 10.8. The summed E-state index contributed by atoms with van der Waals surface area (Å²) in [5.74, 6) is 0. The Bertz CT molecular complexity index is 329. The molecule has 2 unspecified atom stereocenters. The molecule has 0 N–H and O–H groups in total. The zero-order chi connectivity index (χ0) is 16.3. The molecule has 0 amide bonds. The van der Waals surface area contributed by atoms with Gasteiger partial charge in [0.05, 0.1) is 6.10 Å². The minimum Gasteiger partial charge on any atom is -0.362 e. The quantitative estimate of drug-likeness (QED) is 0.191. The van der Waals surface area contributed by atoms with Gasteiger partial charge in [-0.15, -0.1) is 0 Å². The third-order valence-corrected chi connectivity index (χ3v) is 3.80. The Hall–Kier alpha value is -0.650. The van der Waals surface area contributed by atoms with Gasteiger partial charge < -0.3 is 4.52 Å². The van der Waals surface area contributed by atoms with Gasteiger partial charge in [0.2, 0.25) is 0 Å². The minimum atomic E-state index is 0.321. The van der Waals surface area contributed by atoms with Gasteiger partial charge in [0.25, 0.3) is 0 Å². The lowest BCUT2D eigenvalue weighted by Crippen LogP contribution is -2.05.